The quantitative estimate of drug-likeness (QED) is 0.753. The molecule has 1 atom stereocenters. The van der Waals surface area contributed by atoms with Crippen LogP contribution in [0.2, 0.25) is 5.02 Å². The van der Waals surface area contributed by atoms with Crippen molar-refractivity contribution >= 4 is 29.9 Å². The van der Waals surface area contributed by atoms with Crippen LogP contribution in [0.5, 0.6) is 11.5 Å². The first-order chi connectivity index (χ1) is 10.1. The minimum atomic E-state index is -0.838. The van der Waals surface area contributed by atoms with Crippen molar-refractivity contribution in [2.45, 2.75) is 6.10 Å². The van der Waals surface area contributed by atoms with Crippen molar-refractivity contribution in [3.63, 3.8) is 0 Å². The standard InChI is InChI=1S/C14H17ClN2O4.ClH/c15-10-3-8(4-12-13(10)21-2-1-20-12)11(18)7-17-14(19)9-5-16-6-9;/h3-4,9,11,16,18H,1-2,5-7H2,(H,17,19);1H. The summed E-state index contributed by atoms with van der Waals surface area (Å²) in [4.78, 5) is 11.7. The maximum absolute atomic E-state index is 11.7. The zero-order valence-electron chi connectivity index (χ0n) is 11.8. The van der Waals surface area contributed by atoms with E-state index in [1.165, 1.54) is 0 Å². The Morgan fingerprint density at radius 3 is 2.82 bits per heavy atom. The lowest BCUT2D eigenvalue weighted by molar-refractivity contribution is -0.126. The topological polar surface area (TPSA) is 79.8 Å². The van der Waals surface area contributed by atoms with Gasteiger partial charge in [-0.3, -0.25) is 4.79 Å². The summed E-state index contributed by atoms with van der Waals surface area (Å²) in [6.07, 6.45) is -0.838. The Balaban J connectivity index is 0.00000176. The molecule has 0 bridgehead atoms. The van der Waals surface area contributed by atoms with Crippen LogP contribution in [-0.4, -0.2) is 43.9 Å². The molecule has 0 aromatic heterocycles. The number of ether oxygens (including phenoxy) is 2. The Labute approximate surface area is 139 Å². The Morgan fingerprint density at radius 1 is 1.41 bits per heavy atom. The first-order valence-corrected chi connectivity index (χ1v) is 7.28. The molecule has 0 saturated carbocycles. The molecule has 8 heteroatoms. The van der Waals surface area contributed by atoms with Gasteiger partial charge in [0.15, 0.2) is 11.5 Å². The number of benzene rings is 1. The molecule has 3 rings (SSSR count). The molecular formula is C14H18Cl2N2O4. The third kappa shape index (κ3) is 3.57. The number of hydrogen-bond acceptors (Lipinski definition) is 5. The van der Waals surface area contributed by atoms with Gasteiger partial charge in [-0.25, -0.2) is 0 Å². The molecule has 3 N–H and O–H groups in total. The molecule has 0 aliphatic carbocycles. The number of hydrogen-bond donors (Lipinski definition) is 3. The monoisotopic (exact) mass is 348 g/mol. The number of rotatable bonds is 4. The molecular weight excluding hydrogens is 331 g/mol. The fourth-order valence-corrected chi connectivity index (χ4v) is 2.53. The van der Waals surface area contributed by atoms with E-state index in [-0.39, 0.29) is 30.8 Å². The van der Waals surface area contributed by atoms with Crippen molar-refractivity contribution in [3.8, 4) is 11.5 Å². The van der Waals surface area contributed by atoms with Crippen LogP contribution in [0, 0.1) is 5.92 Å². The second kappa shape index (κ2) is 7.37. The van der Waals surface area contributed by atoms with E-state index >= 15 is 0 Å². The smallest absolute Gasteiger partial charge is 0.225 e. The van der Waals surface area contributed by atoms with Gasteiger partial charge in [-0.05, 0) is 17.7 Å². The number of carbonyl (C=O) groups excluding carboxylic acids is 1. The molecule has 1 amide bonds. The summed E-state index contributed by atoms with van der Waals surface area (Å²) in [6.45, 7) is 2.44. The highest BCUT2D eigenvalue weighted by Gasteiger charge is 2.25. The summed E-state index contributed by atoms with van der Waals surface area (Å²) in [6, 6.07) is 3.33. The van der Waals surface area contributed by atoms with Crippen LogP contribution < -0.4 is 20.1 Å². The van der Waals surface area contributed by atoms with E-state index in [2.05, 4.69) is 10.6 Å². The number of aliphatic hydroxyl groups excluding tert-OH is 1. The summed E-state index contributed by atoms with van der Waals surface area (Å²) in [5, 5.41) is 16.4. The fourth-order valence-electron chi connectivity index (χ4n) is 2.26. The Hall–Kier alpha value is -1.21. The van der Waals surface area contributed by atoms with E-state index in [0.717, 1.165) is 0 Å². The lowest BCUT2D eigenvalue weighted by atomic mass is 10.0. The van der Waals surface area contributed by atoms with E-state index < -0.39 is 6.10 Å². The third-order valence-electron chi connectivity index (χ3n) is 3.63. The molecule has 1 unspecified atom stereocenters. The molecule has 1 aromatic rings. The van der Waals surface area contributed by atoms with Gasteiger partial charge in [0.05, 0.1) is 17.0 Å². The van der Waals surface area contributed by atoms with Crippen LogP contribution in [0.15, 0.2) is 12.1 Å². The molecule has 1 aromatic carbocycles. The highest BCUT2D eigenvalue weighted by atomic mass is 35.5. The third-order valence-corrected chi connectivity index (χ3v) is 3.91. The number of aliphatic hydroxyl groups is 1. The maximum Gasteiger partial charge on any atom is 0.225 e. The van der Waals surface area contributed by atoms with Crippen molar-refractivity contribution in [3.05, 3.63) is 22.7 Å². The summed E-state index contributed by atoms with van der Waals surface area (Å²) in [5.74, 6) is 0.984. The normalized spacial score (nSPS) is 17.9. The van der Waals surface area contributed by atoms with E-state index in [9.17, 15) is 9.90 Å². The highest BCUT2D eigenvalue weighted by Crippen LogP contribution is 2.39. The predicted molar refractivity (Wildman–Crippen MR) is 84.0 cm³/mol. The summed E-state index contributed by atoms with van der Waals surface area (Å²) in [5.41, 5.74) is 0.594. The number of halogens is 2. The van der Waals surface area contributed by atoms with E-state index in [4.69, 9.17) is 21.1 Å². The van der Waals surface area contributed by atoms with Crippen molar-refractivity contribution in [1.82, 2.24) is 10.6 Å². The minimum absolute atomic E-state index is 0. The molecule has 2 aliphatic rings. The molecule has 1 fully saturated rings. The first kappa shape index (κ1) is 17.1. The van der Waals surface area contributed by atoms with Crippen LogP contribution in [0.3, 0.4) is 0 Å². The van der Waals surface area contributed by atoms with Crippen molar-refractivity contribution in [2.24, 2.45) is 5.92 Å². The van der Waals surface area contributed by atoms with Crippen molar-refractivity contribution in [1.29, 1.82) is 0 Å². The highest BCUT2D eigenvalue weighted by molar-refractivity contribution is 6.32. The summed E-state index contributed by atoms with van der Waals surface area (Å²) < 4.78 is 10.9. The molecule has 1 saturated heterocycles. The predicted octanol–water partition coefficient (Wildman–Crippen LogP) is 0.902. The fraction of sp³-hybridized carbons (Fsp3) is 0.500. The molecule has 2 heterocycles. The summed E-state index contributed by atoms with van der Waals surface area (Å²) >= 11 is 6.12. The van der Waals surface area contributed by atoms with Crippen molar-refractivity contribution in [2.75, 3.05) is 32.8 Å². The van der Waals surface area contributed by atoms with Gasteiger partial charge >= 0.3 is 0 Å². The minimum Gasteiger partial charge on any atom is -0.486 e. The lowest BCUT2D eigenvalue weighted by Crippen LogP contribution is -2.51. The summed E-state index contributed by atoms with van der Waals surface area (Å²) in [7, 11) is 0. The molecule has 6 nitrogen and oxygen atoms in total. The Kier molecular flexibility index (Phi) is 5.74. The largest absolute Gasteiger partial charge is 0.486 e. The van der Waals surface area contributed by atoms with Gasteiger partial charge in [-0.15, -0.1) is 12.4 Å². The Bertz CT molecular complexity index is 552. The maximum atomic E-state index is 11.7. The number of amides is 1. The van der Waals surface area contributed by atoms with Crippen molar-refractivity contribution < 1.29 is 19.4 Å². The van der Waals surface area contributed by atoms with E-state index in [1.54, 1.807) is 12.1 Å². The first-order valence-electron chi connectivity index (χ1n) is 6.90. The zero-order chi connectivity index (χ0) is 14.8. The second-order valence-corrected chi connectivity index (χ2v) is 5.55. The molecule has 2 aliphatic heterocycles. The van der Waals surface area contributed by atoms with Gasteiger partial charge in [-0.2, -0.15) is 0 Å². The van der Waals surface area contributed by atoms with Gasteiger partial charge in [0.1, 0.15) is 13.2 Å². The van der Waals surface area contributed by atoms with E-state index in [0.29, 0.717) is 48.4 Å². The second-order valence-electron chi connectivity index (χ2n) is 5.14. The number of nitrogens with one attached hydrogen (secondary N) is 2. The SMILES string of the molecule is Cl.O=C(NCC(O)c1cc(Cl)c2c(c1)OCCO2)C1CNC1. The zero-order valence-corrected chi connectivity index (χ0v) is 13.4. The lowest BCUT2D eigenvalue weighted by Gasteiger charge is -2.26. The number of carbonyl (C=O) groups is 1. The molecule has 0 radical (unpaired) electrons. The number of fused-ring (bicyclic) bond motifs is 1. The van der Waals surface area contributed by atoms with Crippen LogP contribution >= 0.6 is 24.0 Å². The van der Waals surface area contributed by atoms with Crippen LogP contribution in [0.25, 0.3) is 0 Å². The average Bonchev–Trinajstić information content (AvgIpc) is 2.43. The van der Waals surface area contributed by atoms with Gasteiger partial charge < -0.3 is 25.2 Å². The van der Waals surface area contributed by atoms with Crippen LogP contribution in [0.4, 0.5) is 0 Å². The van der Waals surface area contributed by atoms with Gasteiger partial charge in [0.2, 0.25) is 5.91 Å². The van der Waals surface area contributed by atoms with Gasteiger partial charge in [0, 0.05) is 19.6 Å². The Morgan fingerprint density at radius 2 is 2.14 bits per heavy atom. The van der Waals surface area contributed by atoms with Gasteiger partial charge in [-0.1, -0.05) is 11.6 Å². The molecule has 0 spiro atoms. The van der Waals surface area contributed by atoms with Crippen LogP contribution in [0.1, 0.15) is 11.7 Å². The van der Waals surface area contributed by atoms with Gasteiger partial charge in [0.25, 0.3) is 0 Å². The molecule has 22 heavy (non-hydrogen) atoms. The van der Waals surface area contributed by atoms with Crippen LogP contribution in [-0.2, 0) is 4.79 Å². The van der Waals surface area contributed by atoms with E-state index in [1.807, 2.05) is 0 Å². The molecule has 122 valence electrons. The average molecular weight is 349 g/mol.